The molecule has 1 rings (SSSR count). The first-order valence-electron chi connectivity index (χ1n) is 4.21. The highest BCUT2D eigenvalue weighted by Crippen LogP contribution is 2.09. The summed E-state index contributed by atoms with van der Waals surface area (Å²) in [4.78, 5) is 0. The zero-order valence-corrected chi connectivity index (χ0v) is 8.31. The van der Waals surface area contributed by atoms with Gasteiger partial charge in [0.05, 0.1) is 5.69 Å². The van der Waals surface area contributed by atoms with Gasteiger partial charge in [-0.1, -0.05) is 13.3 Å². The molecule has 0 amide bonds. The van der Waals surface area contributed by atoms with Gasteiger partial charge in [0, 0.05) is 12.5 Å². The van der Waals surface area contributed by atoms with Gasteiger partial charge in [-0.3, -0.25) is 0 Å². The van der Waals surface area contributed by atoms with Crippen LogP contribution in [0.25, 0.3) is 0 Å². The van der Waals surface area contributed by atoms with E-state index in [4.69, 9.17) is 0 Å². The lowest BCUT2D eigenvalue weighted by molar-refractivity contribution is -0.732. The van der Waals surface area contributed by atoms with E-state index in [1.807, 2.05) is 0 Å². The first-order valence-corrected chi connectivity index (χ1v) is 4.21. The summed E-state index contributed by atoms with van der Waals surface area (Å²) in [6.07, 6.45) is 2.41. The fourth-order valence-electron chi connectivity index (χ4n) is 1.50. The third kappa shape index (κ3) is 1.85. The Bertz CT molecular complexity index is 253. The van der Waals surface area contributed by atoms with Crippen molar-refractivity contribution in [1.82, 2.24) is 5.10 Å². The molecule has 3 nitrogen and oxygen atoms in total. The Morgan fingerprint density at radius 2 is 1.92 bits per heavy atom. The van der Waals surface area contributed by atoms with Crippen molar-refractivity contribution in [1.29, 1.82) is 0 Å². The van der Waals surface area contributed by atoms with Crippen LogP contribution >= 0.6 is 0 Å². The van der Waals surface area contributed by atoms with Crippen LogP contribution in [0.2, 0.25) is 0 Å². The summed E-state index contributed by atoms with van der Waals surface area (Å²) in [6, 6.07) is 0. The number of nitrogens with zero attached hydrogens (tertiary/aromatic N) is 1. The topological polar surface area (TPSA) is 49.7 Å². The van der Waals surface area contributed by atoms with E-state index in [0.29, 0.717) is 0 Å². The highest BCUT2D eigenvalue weighted by molar-refractivity contribution is 5.19. The van der Waals surface area contributed by atoms with Crippen molar-refractivity contribution in [3.05, 3.63) is 17.0 Å². The minimum Gasteiger partial charge on any atom is -0.870 e. The second-order valence-electron chi connectivity index (χ2n) is 3.11. The highest BCUT2D eigenvalue weighted by Gasteiger charge is 2.13. The average Bonchev–Trinajstić information content (AvgIpc) is 2.17. The molecular formula is C9H18N2O. The minimum atomic E-state index is 0. The number of hydrogen-bond acceptors (Lipinski definition) is 1. The molecule has 12 heavy (non-hydrogen) atoms. The smallest absolute Gasteiger partial charge is 0.207 e. The van der Waals surface area contributed by atoms with E-state index in [-0.39, 0.29) is 5.48 Å². The molecule has 1 heterocycles. The Morgan fingerprint density at radius 3 is 2.25 bits per heavy atom. The molecule has 3 heteroatoms. The largest absolute Gasteiger partial charge is 0.870 e. The lowest BCUT2D eigenvalue weighted by Gasteiger charge is -1.91. The summed E-state index contributed by atoms with van der Waals surface area (Å²) in [6.45, 7) is 6.51. The van der Waals surface area contributed by atoms with E-state index in [1.165, 1.54) is 29.8 Å². The van der Waals surface area contributed by atoms with Gasteiger partial charge < -0.3 is 5.48 Å². The van der Waals surface area contributed by atoms with Gasteiger partial charge >= 0.3 is 0 Å². The molecule has 0 saturated carbocycles. The number of rotatable bonds is 2. The molecule has 0 aliphatic heterocycles. The number of aromatic amines is 1. The predicted molar refractivity (Wildman–Crippen MR) is 47.4 cm³/mol. The van der Waals surface area contributed by atoms with E-state index in [0.717, 1.165) is 0 Å². The predicted octanol–water partition coefficient (Wildman–Crippen LogP) is 1.23. The lowest BCUT2D eigenvalue weighted by atomic mass is 10.1. The third-order valence-electron chi connectivity index (χ3n) is 2.23. The summed E-state index contributed by atoms with van der Waals surface area (Å²) in [5.74, 6) is 0. The summed E-state index contributed by atoms with van der Waals surface area (Å²) < 4.78 is 2.08. The van der Waals surface area contributed by atoms with Crippen LogP contribution in [0.1, 0.15) is 30.3 Å². The van der Waals surface area contributed by atoms with Crippen molar-refractivity contribution in [3.8, 4) is 0 Å². The molecule has 0 aliphatic rings. The molecule has 70 valence electrons. The number of nitrogens with one attached hydrogen (secondary N) is 1. The Labute approximate surface area is 73.7 Å². The maximum absolute atomic E-state index is 3.28. The van der Waals surface area contributed by atoms with Gasteiger partial charge in [-0.05, 0) is 13.3 Å². The summed E-state index contributed by atoms with van der Waals surface area (Å²) in [7, 11) is 2.06. The van der Waals surface area contributed by atoms with Crippen molar-refractivity contribution in [3.63, 3.8) is 0 Å². The van der Waals surface area contributed by atoms with Crippen LogP contribution in [0.3, 0.4) is 0 Å². The van der Waals surface area contributed by atoms with Gasteiger partial charge in [0.2, 0.25) is 5.69 Å². The maximum atomic E-state index is 3.28. The molecule has 0 unspecified atom stereocenters. The zero-order chi connectivity index (χ0) is 8.43. The van der Waals surface area contributed by atoms with Crippen LogP contribution in [-0.4, -0.2) is 10.6 Å². The first kappa shape index (κ1) is 11.2. The molecule has 0 fully saturated rings. The van der Waals surface area contributed by atoms with Crippen molar-refractivity contribution in [2.45, 2.75) is 33.6 Å². The van der Waals surface area contributed by atoms with Gasteiger partial charge in [-0.25, -0.2) is 0 Å². The average molecular weight is 170 g/mol. The Morgan fingerprint density at radius 1 is 1.33 bits per heavy atom. The molecule has 0 bridgehead atoms. The van der Waals surface area contributed by atoms with Gasteiger partial charge in [0.1, 0.15) is 0 Å². The van der Waals surface area contributed by atoms with Crippen molar-refractivity contribution in [2.75, 3.05) is 0 Å². The summed E-state index contributed by atoms with van der Waals surface area (Å²) in [5, 5.41) is 3.28. The molecule has 0 radical (unpaired) electrons. The molecule has 1 aromatic heterocycles. The van der Waals surface area contributed by atoms with E-state index in [9.17, 15) is 0 Å². The maximum Gasteiger partial charge on any atom is 0.207 e. The van der Waals surface area contributed by atoms with Crippen LogP contribution in [-0.2, 0) is 13.5 Å². The Kier molecular flexibility index (Phi) is 3.96. The number of H-pyrrole nitrogens is 1. The van der Waals surface area contributed by atoms with E-state index >= 15 is 0 Å². The van der Waals surface area contributed by atoms with Crippen LogP contribution in [0, 0.1) is 13.8 Å². The second-order valence-corrected chi connectivity index (χ2v) is 3.11. The van der Waals surface area contributed by atoms with E-state index in [2.05, 4.69) is 37.6 Å². The van der Waals surface area contributed by atoms with Crippen LogP contribution in [0.5, 0.6) is 0 Å². The number of hydrogen-bond donors (Lipinski definition) is 1. The Hall–Kier alpha value is -0.830. The lowest BCUT2D eigenvalue weighted by Crippen LogP contribution is -2.32. The zero-order valence-electron chi connectivity index (χ0n) is 8.31. The van der Waals surface area contributed by atoms with E-state index in [1.54, 1.807) is 0 Å². The normalized spacial score (nSPS) is 9.67. The van der Waals surface area contributed by atoms with Crippen molar-refractivity contribution in [2.24, 2.45) is 7.05 Å². The summed E-state index contributed by atoms with van der Waals surface area (Å²) in [5.41, 5.74) is 4.16. The fraction of sp³-hybridized carbons (Fsp3) is 0.667. The SMILES string of the molecule is CCCc1c(C)[nH][n+](C)c1C.[OH-]. The molecule has 0 spiro atoms. The van der Waals surface area contributed by atoms with Crippen molar-refractivity contribution < 1.29 is 10.2 Å². The van der Waals surface area contributed by atoms with Crippen LogP contribution in [0.4, 0.5) is 0 Å². The minimum absolute atomic E-state index is 0. The number of aromatic nitrogens is 2. The summed E-state index contributed by atoms with van der Waals surface area (Å²) >= 11 is 0. The van der Waals surface area contributed by atoms with Gasteiger partial charge in [-0.15, -0.1) is 4.68 Å². The molecule has 0 aromatic carbocycles. The second kappa shape index (κ2) is 4.26. The molecule has 0 aliphatic carbocycles. The Balaban J connectivity index is 0.00000121. The fourth-order valence-corrected chi connectivity index (χ4v) is 1.50. The quantitative estimate of drug-likeness (QED) is 0.667. The first-order chi connectivity index (χ1) is 5.16. The van der Waals surface area contributed by atoms with Crippen LogP contribution in [0.15, 0.2) is 0 Å². The monoisotopic (exact) mass is 170 g/mol. The molecule has 1 aromatic rings. The van der Waals surface area contributed by atoms with Gasteiger partial charge in [0.25, 0.3) is 0 Å². The van der Waals surface area contributed by atoms with Gasteiger partial charge in [-0.2, -0.15) is 5.10 Å². The van der Waals surface area contributed by atoms with E-state index < -0.39 is 0 Å². The highest BCUT2D eigenvalue weighted by atomic mass is 16.0. The van der Waals surface area contributed by atoms with Gasteiger partial charge in [0.15, 0.2) is 7.05 Å². The molecule has 0 atom stereocenters. The molecular weight excluding hydrogens is 152 g/mol. The van der Waals surface area contributed by atoms with Crippen molar-refractivity contribution >= 4 is 0 Å². The molecule has 0 saturated heterocycles. The number of aryl methyl sites for hydroxylation is 2. The molecule has 2 N–H and O–H groups in total. The standard InChI is InChI=1S/C9H16N2.H2O/c1-5-6-9-7(2)10-11(4)8(9)3;/h5-6H2,1-4H3;1H2. The third-order valence-corrected chi connectivity index (χ3v) is 2.23. The van der Waals surface area contributed by atoms with Crippen LogP contribution < -0.4 is 4.68 Å².